The Hall–Kier alpha value is -1.75. The van der Waals surface area contributed by atoms with Crippen molar-refractivity contribution in [2.75, 3.05) is 6.61 Å². The first kappa shape index (κ1) is 33.2. The van der Waals surface area contributed by atoms with Crippen LogP contribution in [0, 0.1) is 0 Å². The number of hydrogen-bond donors (Lipinski definition) is 1. The van der Waals surface area contributed by atoms with E-state index < -0.39 is 66.9 Å². The summed E-state index contributed by atoms with van der Waals surface area (Å²) in [4.78, 5) is 0. The fraction of sp³-hybridized carbons (Fsp3) is 0.833. The zero-order valence-electron chi connectivity index (χ0n) is 15.3. The molecule has 3 unspecified atom stereocenters. The quantitative estimate of drug-likeness (QED) is 0.327. The molecule has 35 heavy (non-hydrogen) atoms. The average molecular weight is 574 g/mol. The molecule has 0 aliphatic heterocycles. The van der Waals surface area contributed by atoms with E-state index in [9.17, 15) is 83.4 Å². The van der Waals surface area contributed by atoms with E-state index in [1.54, 1.807) is 9.47 Å². The zero-order valence-corrected chi connectivity index (χ0v) is 15.3. The van der Waals surface area contributed by atoms with Crippen LogP contribution in [0.15, 0.2) is 12.4 Å². The molecule has 0 aromatic carbocycles. The van der Waals surface area contributed by atoms with Crippen LogP contribution in [0.3, 0.4) is 0 Å². The van der Waals surface area contributed by atoms with Crippen LogP contribution in [0.25, 0.3) is 0 Å². The predicted octanol–water partition coefficient (Wildman–Crippen LogP) is 5.97. The highest BCUT2D eigenvalue weighted by Gasteiger charge is 2.86. The van der Waals surface area contributed by atoms with E-state index in [-0.39, 0.29) is 0 Å². The summed E-state index contributed by atoms with van der Waals surface area (Å²) in [6.45, 7) is -2.00. The number of halogens is 19. The van der Waals surface area contributed by atoms with E-state index in [4.69, 9.17) is 5.11 Å². The molecular weight excluding hydrogens is 569 g/mol. The second-order valence-corrected chi connectivity index (χ2v) is 5.83. The molecule has 0 bridgehead atoms. The summed E-state index contributed by atoms with van der Waals surface area (Å²) in [7, 11) is 0. The Kier molecular flexibility index (Phi) is 8.52. The Labute approximate surface area is 177 Å². The minimum Gasteiger partial charge on any atom is -0.390 e. The molecule has 23 heteroatoms. The van der Waals surface area contributed by atoms with Crippen LogP contribution in [0.5, 0.6) is 0 Å². The molecule has 0 aliphatic carbocycles. The van der Waals surface area contributed by atoms with Gasteiger partial charge in [-0.15, -0.1) is 0 Å². The van der Waals surface area contributed by atoms with E-state index in [1.165, 1.54) is 11.3 Å². The first-order chi connectivity index (χ1) is 14.9. The number of rotatable bonds is 10. The number of ether oxygens (including phenoxy) is 3. The standard InChI is InChI=1S/C12H5F19O4/c1-3(13)5(15,16)34-6(17,9(22,23)24)12(30,31)35-7(18,10(25,26)27)11(28,29)33-4(14,2-32)8(19,20)21/h32H,1-2H2. The van der Waals surface area contributed by atoms with Gasteiger partial charge < -0.3 is 5.11 Å². The fourth-order valence-corrected chi connectivity index (χ4v) is 1.49. The van der Waals surface area contributed by atoms with Gasteiger partial charge in [0, 0.05) is 0 Å². The minimum absolute atomic E-state index is 1.35. The zero-order chi connectivity index (χ0) is 28.9. The van der Waals surface area contributed by atoms with Gasteiger partial charge in [0.1, 0.15) is 6.61 Å². The van der Waals surface area contributed by atoms with E-state index >= 15 is 0 Å². The maximum atomic E-state index is 14.0. The van der Waals surface area contributed by atoms with Gasteiger partial charge in [0.15, 0.2) is 5.83 Å². The van der Waals surface area contributed by atoms with Crippen molar-refractivity contribution in [1.82, 2.24) is 0 Å². The highest BCUT2D eigenvalue weighted by atomic mass is 19.4. The van der Waals surface area contributed by atoms with Crippen molar-refractivity contribution in [3.63, 3.8) is 0 Å². The first-order valence-electron chi connectivity index (χ1n) is 7.34. The molecule has 0 rings (SSSR count). The first-order valence-corrected chi connectivity index (χ1v) is 7.34. The fourth-order valence-electron chi connectivity index (χ4n) is 1.49. The molecule has 210 valence electrons. The molecular formula is C12H5F19O4. The molecule has 0 spiro atoms. The van der Waals surface area contributed by atoms with Crippen LogP contribution in [0.1, 0.15) is 0 Å². The van der Waals surface area contributed by atoms with Crippen LogP contribution >= 0.6 is 0 Å². The Balaban J connectivity index is 6.93. The molecule has 0 aromatic rings. The molecule has 3 atom stereocenters. The van der Waals surface area contributed by atoms with E-state index in [0.29, 0.717) is 0 Å². The topological polar surface area (TPSA) is 47.9 Å². The smallest absolute Gasteiger partial charge is 0.390 e. The Morgan fingerprint density at radius 3 is 1.11 bits per heavy atom. The highest BCUT2D eigenvalue weighted by Crippen LogP contribution is 2.57. The SMILES string of the molecule is C=C(F)C(F)(F)OC(F)(C(F)(F)F)C(F)(F)OC(F)(C(F)(F)F)C(F)(F)OC(F)(CO)C(F)(F)F. The van der Waals surface area contributed by atoms with Gasteiger partial charge in [-0.25, -0.2) is 4.39 Å². The number of hydrogen-bond acceptors (Lipinski definition) is 4. The van der Waals surface area contributed by atoms with Gasteiger partial charge >= 0.3 is 54.4 Å². The van der Waals surface area contributed by atoms with Crippen LogP contribution < -0.4 is 0 Å². The third-order valence-corrected chi connectivity index (χ3v) is 3.25. The summed E-state index contributed by atoms with van der Waals surface area (Å²) in [6, 6.07) is 0. The van der Waals surface area contributed by atoms with Gasteiger partial charge in [0.05, 0.1) is 0 Å². The minimum atomic E-state index is -8.16. The van der Waals surface area contributed by atoms with Crippen molar-refractivity contribution < 1.29 is 103 Å². The number of aliphatic hydroxyl groups excluding tert-OH is 1. The lowest BCUT2D eigenvalue weighted by molar-refractivity contribution is -0.569. The summed E-state index contributed by atoms with van der Waals surface area (Å²) in [6.07, 6.45) is -45.5. The Bertz CT molecular complexity index is 771. The summed E-state index contributed by atoms with van der Waals surface area (Å²) in [5.41, 5.74) is 0. The molecule has 0 saturated carbocycles. The molecule has 0 aromatic heterocycles. The third kappa shape index (κ3) is 5.98. The van der Waals surface area contributed by atoms with Crippen molar-refractivity contribution in [1.29, 1.82) is 0 Å². The van der Waals surface area contributed by atoms with Crippen LogP contribution in [0.2, 0.25) is 0 Å². The monoisotopic (exact) mass is 574 g/mol. The van der Waals surface area contributed by atoms with Gasteiger partial charge in [0.2, 0.25) is 0 Å². The molecule has 4 nitrogen and oxygen atoms in total. The van der Waals surface area contributed by atoms with Crippen molar-refractivity contribution in [3.8, 4) is 0 Å². The number of aliphatic hydroxyl groups is 1. The molecule has 0 heterocycles. The van der Waals surface area contributed by atoms with Gasteiger partial charge in [-0.1, -0.05) is 6.58 Å². The van der Waals surface area contributed by atoms with Gasteiger partial charge in [-0.3, -0.25) is 14.2 Å². The van der Waals surface area contributed by atoms with Gasteiger partial charge in [-0.2, -0.15) is 79.0 Å². The van der Waals surface area contributed by atoms with Crippen molar-refractivity contribution in [2.45, 2.75) is 54.4 Å². The molecule has 0 aliphatic rings. The lowest BCUT2D eigenvalue weighted by Crippen LogP contribution is -2.69. The largest absolute Gasteiger partial charge is 0.458 e. The van der Waals surface area contributed by atoms with Crippen molar-refractivity contribution in [2.24, 2.45) is 0 Å². The van der Waals surface area contributed by atoms with Crippen LogP contribution in [0.4, 0.5) is 83.4 Å². The third-order valence-electron chi connectivity index (χ3n) is 3.25. The number of alkyl halides is 18. The van der Waals surface area contributed by atoms with E-state index in [2.05, 4.69) is 0 Å². The normalized spacial score (nSPS) is 20.1. The second-order valence-electron chi connectivity index (χ2n) is 5.83. The molecule has 0 saturated heterocycles. The Morgan fingerprint density at radius 1 is 0.543 bits per heavy atom. The maximum Gasteiger partial charge on any atom is 0.458 e. The summed E-state index contributed by atoms with van der Waals surface area (Å²) >= 11 is 0. The van der Waals surface area contributed by atoms with Gasteiger partial charge in [-0.05, 0) is 0 Å². The lowest BCUT2D eigenvalue weighted by Gasteiger charge is -2.42. The molecule has 0 fully saturated rings. The summed E-state index contributed by atoms with van der Waals surface area (Å²) in [5, 5.41) is 8.10. The molecule has 1 N–H and O–H groups in total. The molecule has 0 amide bonds. The predicted molar refractivity (Wildman–Crippen MR) is 65.1 cm³/mol. The van der Waals surface area contributed by atoms with Crippen LogP contribution in [-0.4, -0.2) is 66.1 Å². The van der Waals surface area contributed by atoms with Crippen molar-refractivity contribution >= 4 is 0 Å². The summed E-state index contributed by atoms with van der Waals surface area (Å²) in [5.74, 6) is -26.1. The van der Waals surface area contributed by atoms with Crippen molar-refractivity contribution in [3.05, 3.63) is 12.4 Å². The average Bonchev–Trinajstić information content (AvgIpc) is 2.56. The van der Waals surface area contributed by atoms with Crippen LogP contribution in [-0.2, 0) is 14.2 Å². The maximum absolute atomic E-state index is 14.0. The highest BCUT2D eigenvalue weighted by molar-refractivity contribution is 4.99. The Morgan fingerprint density at radius 2 is 0.857 bits per heavy atom. The summed E-state index contributed by atoms with van der Waals surface area (Å²) < 4.78 is 251. The second kappa shape index (κ2) is 8.97. The van der Waals surface area contributed by atoms with Gasteiger partial charge in [0.25, 0.3) is 0 Å². The van der Waals surface area contributed by atoms with E-state index in [0.717, 1.165) is 0 Å². The lowest BCUT2D eigenvalue weighted by atomic mass is 10.2. The van der Waals surface area contributed by atoms with E-state index in [1.807, 2.05) is 0 Å². The molecule has 0 radical (unpaired) electrons.